The predicted molar refractivity (Wildman–Crippen MR) is 111 cm³/mol. The quantitative estimate of drug-likeness (QED) is 0.804. The number of benzene rings is 2. The van der Waals surface area contributed by atoms with Gasteiger partial charge in [-0.2, -0.15) is 0 Å². The van der Waals surface area contributed by atoms with Crippen molar-refractivity contribution in [1.82, 2.24) is 5.32 Å². The maximum absolute atomic E-state index is 13.3. The number of ether oxygens (including phenoxy) is 1. The lowest BCUT2D eigenvalue weighted by atomic mass is 9.90. The van der Waals surface area contributed by atoms with Gasteiger partial charge in [0.2, 0.25) is 5.91 Å². The summed E-state index contributed by atoms with van der Waals surface area (Å²) in [6.07, 6.45) is 3.10. The number of hydrogen-bond acceptors (Lipinski definition) is 3. The van der Waals surface area contributed by atoms with Crippen LogP contribution in [0.4, 0.5) is 5.69 Å². The molecule has 148 valence electrons. The van der Waals surface area contributed by atoms with E-state index in [-0.39, 0.29) is 23.9 Å². The zero-order valence-electron chi connectivity index (χ0n) is 16.8. The van der Waals surface area contributed by atoms with Gasteiger partial charge < -0.3 is 15.0 Å². The molecule has 0 bridgehead atoms. The van der Waals surface area contributed by atoms with E-state index in [1.165, 1.54) is 0 Å². The van der Waals surface area contributed by atoms with Crippen molar-refractivity contribution in [3.8, 4) is 5.75 Å². The Morgan fingerprint density at radius 1 is 1.18 bits per heavy atom. The van der Waals surface area contributed by atoms with E-state index in [2.05, 4.69) is 12.2 Å². The second-order valence-electron chi connectivity index (χ2n) is 7.27. The fourth-order valence-electron chi connectivity index (χ4n) is 3.76. The van der Waals surface area contributed by atoms with Gasteiger partial charge in [0.1, 0.15) is 5.75 Å². The molecular weight excluding hydrogens is 352 g/mol. The third-order valence-corrected chi connectivity index (χ3v) is 5.22. The Kier molecular flexibility index (Phi) is 6.34. The second-order valence-corrected chi connectivity index (χ2v) is 7.27. The number of carbonyl (C=O) groups is 2. The van der Waals surface area contributed by atoms with Crippen molar-refractivity contribution >= 4 is 17.5 Å². The largest absolute Gasteiger partial charge is 0.497 e. The summed E-state index contributed by atoms with van der Waals surface area (Å²) < 4.78 is 5.26. The van der Waals surface area contributed by atoms with E-state index in [4.69, 9.17) is 4.74 Å². The summed E-state index contributed by atoms with van der Waals surface area (Å²) in [6.45, 7) is 4.10. The van der Waals surface area contributed by atoms with Gasteiger partial charge in [-0.3, -0.25) is 9.59 Å². The number of fused-ring (bicyclic) bond motifs is 1. The van der Waals surface area contributed by atoms with E-state index in [1.807, 2.05) is 48.2 Å². The average molecular weight is 380 g/mol. The standard InChI is InChI=1S/C23H28N2O3/c1-4-5-13-22(26)24-20-14-16(2)25(21-12-7-6-11-19(20)21)23(27)17-9-8-10-18(15-17)28-3/h6-12,15-16,20H,4-5,13-14H2,1-3H3,(H,24,26). The molecule has 1 N–H and O–H groups in total. The van der Waals surface area contributed by atoms with Gasteiger partial charge in [-0.1, -0.05) is 37.6 Å². The molecule has 1 aliphatic rings. The highest BCUT2D eigenvalue weighted by atomic mass is 16.5. The molecule has 0 spiro atoms. The number of para-hydroxylation sites is 1. The minimum Gasteiger partial charge on any atom is -0.497 e. The number of carbonyl (C=O) groups excluding carboxylic acids is 2. The van der Waals surface area contributed by atoms with Crippen molar-refractivity contribution in [1.29, 1.82) is 0 Å². The molecule has 0 aliphatic carbocycles. The van der Waals surface area contributed by atoms with Gasteiger partial charge in [-0.05, 0) is 49.6 Å². The molecule has 2 atom stereocenters. The highest BCUT2D eigenvalue weighted by molar-refractivity contribution is 6.07. The van der Waals surface area contributed by atoms with E-state index in [9.17, 15) is 9.59 Å². The highest BCUT2D eigenvalue weighted by Gasteiger charge is 2.34. The summed E-state index contributed by atoms with van der Waals surface area (Å²) in [4.78, 5) is 27.4. The summed E-state index contributed by atoms with van der Waals surface area (Å²) in [5, 5.41) is 3.16. The van der Waals surface area contributed by atoms with E-state index in [0.717, 1.165) is 24.1 Å². The van der Waals surface area contributed by atoms with Gasteiger partial charge >= 0.3 is 0 Å². The van der Waals surface area contributed by atoms with Crippen molar-refractivity contribution in [2.75, 3.05) is 12.0 Å². The molecule has 2 aromatic carbocycles. The molecular formula is C23H28N2O3. The molecule has 1 aliphatic heterocycles. The Balaban J connectivity index is 1.89. The van der Waals surface area contributed by atoms with Crippen LogP contribution in [0.15, 0.2) is 48.5 Å². The zero-order chi connectivity index (χ0) is 20.1. The minimum absolute atomic E-state index is 0.0370. The van der Waals surface area contributed by atoms with Crippen LogP contribution in [0.1, 0.15) is 61.5 Å². The molecule has 28 heavy (non-hydrogen) atoms. The Bertz CT molecular complexity index is 849. The lowest BCUT2D eigenvalue weighted by Crippen LogP contribution is -2.46. The third-order valence-electron chi connectivity index (χ3n) is 5.22. The summed E-state index contributed by atoms with van der Waals surface area (Å²) in [5.74, 6) is 0.667. The molecule has 2 amide bonds. The van der Waals surface area contributed by atoms with Gasteiger partial charge in [0.05, 0.1) is 13.2 Å². The van der Waals surface area contributed by atoms with Gasteiger partial charge in [0, 0.05) is 23.7 Å². The third kappa shape index (κ3) is 4.19. The van der Waals surface area contributed by atoms with Crippen LogP contribution >= 0.6 is 0 Å². The van der Waals surface area contributed by atoms with E-state index in [1.54, 1.807) is 19.2 Å². The Hall–Kier alpha value is -2.82. The van der Waals surface area contributed by atoms with Crippen LogP contribution in [0.25, 0.3) is 0 Å². The van der Waals surface area contributed by atoms with Crippen molar-refractivity contribution < 1.29 is 14.3 Å². The van der Waals surface area contributed by atoms with E-state index in [0.29, 0.717) is 24.2 Å². The molecule has 2 unspecified atom stereocenters. The van der Waals surface area contributed by atoms with Crippen molar-refractivity contribution in [3.05, 3.63) is 59.7 Å². The van der Waals surface area contributed by atoms with Crippen LogP contribution in [0, 0.1) is 0 Å². The Morgan fingerprint density at radius 3 is 2.71 bits per heavy atom. The van der Waals surface area contributed by atoms with Crippen molar-refractivity contribution in [2.24, 2.45) is 0 Å². The molecule has 3 rings (SSSR count). The van der Waals surface area contributed by atoms with Gasteiger partial charge in [0.15, 0.2) is 0 Å². The lowest BCUT2D eigenvalue weighted by molar-refractivity contribution is -0.122. The molecule has 0 fully saturated rings. The summed E-state index contributed by atoms with van der Waals surface area (Å²) in [6, 6.07) is 14.9. The topological polar surface area (TPSA) is 58.6 Å². The first-order chi connectivity index (χ1) is 13.5. The summed E-state index contributed by atoms with van der Waals surface area (Å²) in [5.41, 5.74) is 2.43. The molecule has 0 saturated heterocycles. The molecule has 5 nitrogen and oxygen atoms in total. The molecule has 0 aromatic heterocycles. The number of methoxy groups -OCH3 is 1. The van der Waals surface area contributed by atoms with Gasteiger partial charge in [0.25, 0.3) is 5.91 Å². The van der Waals surface area contributed by atoms with Crippen LogP contribution < -0.4 is 15.0 Å². The van der Waals surface area contributed by atoms with Crippen LogP contribution in [-0.4, -0.2) is 25.0 Å². The number of nitrogens with one attached hydrogen (secondary N) is 1. The van der Waals surface area contributed by atoms with Crippen LogP contribution in [0.3, 0.4) is 0 Å². The first kappa shape index (κ1) is 19.9. The Labute approximate surface area is 166 Å². The Morgan fingerprint density at radius 2 is 1.96 bits per heavy atom. The first-order valence-corrected chi connectivity index (χ1v) is 9.91. The van der Waals surface area contributed by atoms with Crippen molar-refractivity contribution in [2.45, 2.75) is 51.6 Å². The molecule has 1 heterocycles. The SMILES string of the molecule is CCCCC(=O)NC1CC(C)N(C(=O)c2cccc(OC)c2)c2ccccc21. The lowest BCUT2D eigenvalue weighted by Gasteiger charge is -2.39. The zero-order valence-corrected chi connectivity index (χ0v) is 16.8. The van der Waals surface area contributed by atoms with Crippen LogP contribution in [0.5, 0.6) is 5.75 Å². The van der Waals surface area contributed by atoms with Crippen molar-refractivity contribution in [3.63, 3.8) is 0 Å². The minimum atomic E-state index is -0.0788. The molecule has 0 saturated carbocycles. The number of amides is 2. The van der Waals surface area contributed by atoms with Crippen LogP contribution in [0.2, 0.25) is 0 Å². The average Bonchev–Trinajstić information content (AvgIpc) is 2.72. The fraction of sp³-hybridized carbons (Fsp3) is 0.391. The van der Waals surface area contributed by atoms with Gasteiger partial charge in [-0.25, -0.2) is 0 Å². The normalized spacial score (nSPS) is 18.3. The first-order valence-electron chi connectivity index (χ1n) is 9.91. The number of rotatable bonds is 6. The highest BCUT2D eigenvalue weighted by Crippen LogP contribution is 2.38. The maximum atomic E-state index is 13.3. The second kappa shape index (κ2) is 8.91. The monoisotopic (exact) mass is 380 g/mol. The smallest absolute Gasteiger partial charge is 0.258 e. The predicted octanol–water partition coefficient (Wildman–Crippen LogP) is 4.48. The molecule has 5 heteroatoms. The number of unbranched alkanes of at least 4 members (excludes halogenated alkanes) is 1. The molecule has 0 radical (unpaired) electrons. The summed E-state index contributed by atoms with van der Waals surface area (Å²) in [7, 11) is 1.59. The van der Waals surface area contributed by atoms with E-state index >= 15 is 0 Å². The molecule has 2 aromatic rings. The summed E-state index contributed by atoms with van der Waals surface area (Å²) >= 11 is 0. The van der Waals surface area contributed by atoms with Crippen LogP contribution in [-0.2, 0) is 4.79 Å². The fourth-order valence-corrected chi connectivity index (χ4v) is 3.76. The maximum Gasteiger partial charge on any atom is 0.258 e. The number of anilines is 1. The van der Waals surface area contributed by atoms with E-state index < -0.39 is 0 Å². The number of hydrogen-bond donors (Lipinski definition) is 1. The number of nitrogens with zero attached hydrogens (tertiary/aromatic N) is 1. The van der Waals surface area contributed by atoms with Gasteiger partial charge in [-0.15, -0.1) is 0 Å².